The third-order valence-electron chi connectivity index (χ3n) is 2.62. The third-order valence-corrected chi connectivity index (χ3v) is 2.62. The van der Waals surface area contributed by atoms with Gasteiger partial charge in [0.15, 0.2) is 0 Å². The van der Waals surface area contributed by atoms with E-state index in [1.54, 1.807) is 31.3 Å². The molecule has 0 atom stereocenters. The fourth-order valence-electron chi connectivity index (χ4n) is 1.54. The zero-order chi connectivity index (χ0) is 14.4. The zero-order valence-corrected chi connectivity index (χ0v) is 11.5. The van der Waals surface area contributed by atoms with Gasteiger partial charge in [0.1, 0.15) is 5.75 Å². The van der Waals surface area contributed by atoms with Gasteiger partial charge in [0, 0.05) is 5.56 Å². The number of anilines is 1. The first-order valence-corrected chi connectivity index (χ1v) is 6.47. The molecule has 0 radical (unpaired) electrons. The van der Waals surface area contributed by atoms with Gasteiger partial charge in [-0.25, -0.2) is 0 Å². The Morgan fingerprint density at radius 3 is 2.70 bits per heavy atom. The Labute approximate surface area is 116 Å². The molecule has 2 aromatic rings. The number of rotatable bonds is 6. The lowest BCUT2D eigenvalue weighted by atomic mass is 10.2. The van der Waals surface area contributed by atoms with Gasteiger partial charge in [0.25, 0.3) is 11.9 Å². The lowest BCUT2D eigenvalue weighted by Gasteiger charge is -2.06. The Kier molecular flexibility index (Phi) is 4.65. The third kappa shape index (κ3) is 3.78. The molecule has 7 nitrogen and oxygen atoms in total. The summed E-state index contributed by atoms with van der Waals surface area (Å²) >= 11 is 0. The Hall–Kier alpha value is -2.44. The average Bonchev–Trinajstić information content (AvgIpc) is 2.85. The summed E-state index contributed by atoms with van der Waals surface area (Å²) in [7, 11) is 1.63. The van der Waals surface area contributed by atoms with E-state index in [4.69, 9.17) is 4.74 Å². The van der Waals surface area contributed by atoms with Gasteiger partial charge in [-0.15, -0.1) is 5.10 Å². The number of amides is 1. The van der Waals surface area contributed by atoms with Crippen molar-refractivity contribution < 1.29 is 9.53 Å². The summed E-state index contributed by atoms with van der Waals surface area (Å²) in [6, 6.07) is 6.95. The van der Waals surface area contributed by atoms with Gasteiger partial charge >= 0.3 is 0 Å². The highest BCUT2D eigenvalue weighted by molar-refractivity contribution is 6.03. The number of benzene rings is 1. The van der Waals surface area contributed by atoms with E-state index in [9.17, 15) is 4.79 Å². The summed E-state index contributed by atoms with van der Waals surface area (Å²) in [5.74, 6) is 0.659. The van der Waals surface area contributed by atoms with Crippen LogP contribution in [0.25, 0.3) is 0 Å². The monoisotopic (exact) mass is 275 g/mol. The van der Waals surface area contributed by atoms with Gasteiger partial charge in [0.2, 0.25) is 0 Å². The maximum atomic E-state index is 11.9. The lowest BCUT2D eigenvalue weighted by molar-refractivity contribution is 0.102. The first-order chi connectivity index (χ1) is 9.69. The normalized spacial score (nSPS) is 10.3. The van der Waals surface area contributed by atoms with Crippen LogP contribution in [0.3, 0.4) is 0 Å². The largest absolute Gasteiger partial charge is 0.494 e. The molecule has 1 aromatic heterocycles. The van der Waals surface area contributed by atoms with Crippen LogP contribution in [0, 0.1) is 0 Å². The molecule has 0 spiro atoms. The summed E-state index contributed by atoms with van der Waals surface area (Å²) in [6.07, 6.45) is 2.10. The summed E-state index contributed by atoms with van der Waals surface area (Å²) in [5, 5.41) is 13.8. The average molecular weight is 275 g/mol. The molecule has 0 bridgehead atoms. The number of nitrogens with one attached hydrogen (secondary N) is 1. The van der Waals surface area contributed by atoms with Crippen molar-refractivity contribution >= 4 is 11.9 Å². The molecule has 7 heteroatoms. The van der Waals surface area contributed by atoms with Crippen molar-refractivity contribution in [3.8, 4) is 5.75 Å². The fraction of sp³-hybridized carbons (Fsp3) is 0.385. The highest BCUT2D eigenvalue weighted by Crippen LogP contribution is 2.13. The molecule has 106 valence electrons. The van der Waals surface area contributed by atoms with Gasteiger partial charge in [-0.1, -0.05) is 18.4 Å². The first kappa shape index (κ1) is 14.0. The van der Waals surface area contributed by atoms with Crippen molar-refractivity contribution in [2.75, 3.05) is 11.9 Å². The van der Waals surface area contributed by atoms with Crippen LogP contribution in [-0.2, 0) is 7.05 Å². The Morgan fingerprint density at radius 1 is 1.35 bits per heavy atom. The van der Waals surface area contributed by atoms with Crippen molar-refractivity contribution in [1.82, 2.24) is 20.2 Å². The van der Waals surface area contributed by atoms with Gasteiger partial charge in [-0.2, -0.15) is 4.80 Å². The SMILES string of the molecule is CCCCOc1ccc(C(=O)Nc2nnn(C)n2)cc1. The molecule has 2 rings (SSSR count). The number of nitrogens with zero attached hydrogens (tertiary/aromatic N) is 4. The second-order valence-corrected chi connectivity index (χ2v) is 4.28. The van der Waals surface area contributed by atoms with Crippen molar-refractivity contribution in [2.24, 2.45) is 7.05 Å². The number of hydrogen-bond donors (Lipinski definition) is 1. The van der Waals surface area contributed by atoms with Crippen molar-refractivity contribution in [1.29, 1.82) is 0 Å². The van der Waals surface area contributed by atoms with E-state index in [1.807, 2.05) is 0 Å². The predicted octanol–water partition coefficient (Wildman–Crippen LogP) is 1.64. The maximum absolute atomic E-state index is 11.9. The Balaban J connectivity index is 1.93. The van der Waals surface area contributed by atoms with Crippen LogP contribution in [0.4, 0.5) is 5.95 Å². The van der Waals surface area contributed by atoms with Gasteiger partial charge < -0.3 is 4.74 Å². The van der Waals surface area contributed by atoms with Crippen LogP contribution in [0.15, 0.2) is 24.3 Å². The molecule has 0 aliphatic heterocycles. The molecule has 0 saturated heterocycles. The minimum atomic E-state index is -0.280. The number of carbonyl (C=O) groups excluding carboxylic acids is 1. The molecule has 1 N–H and O–H groups in total. The van der Waals surface area contributed by atoms with E-state index in [2.05, 4.69) is 27.7 Å². The van der Waals surface area contributed by atoms with Crippen molar-refractivity contribution in [3.63, 3.8) is 0 Å². The van der Waals surface area contributed by atoms with Crippen LogP contribution in [0.1, 0.15) is 30.1 Å². The van der Waals surface area contributed by atoms with Crippen LogP contribution < -0.4 is 10.1 Å². The summed E-state index contributed by atoms with van der Waals surface area (Å²) in [4.78, 5) is 13.2. The molecule has 1 aromatic carbocycles. The summed E-state index contributed by atoms with van der Waals surface area (Å²) in [6.45, 7) is 2.79. The summed E-state index contributed by atoms with van der Waals surface area (Å²) < 4.78 is 5.53. The summed E-state index contributed by atoms with van der Waals surface area (Å²) in [5.41, 5.74) is 0.514. The number of unbranched alkanes of at least 4 members (excludes halogenated alkanes) is 1. The van der Waals surface area contributed by atoms with Gasteiger partial charge in [0.05, 0.1) is 13.7 Å². The minimum absolute atomic E-state index is 0.181. The number of carbonyl (C=O) groups is 1. The molecular weight excluding hydrogens is 258 g/mol. The number of tetrazole rings is 1. The first-order valence-electron chi connectivity index (χ1n) is 6.47. The second kappa shape index (κ2) is 6.65. The van der Waals surface area contributed by atoms with E-state index in [0.29, 0.717) is 12.2 Å². The number of aromatic nitrogens is 4. The van der Waals surface area contributed by atoms with Crippen LogP contribution in [0.2, 0.25) is 0 Å². The van der Waals surface area contributed by atoms with Crippen LogP contribution >= 0.6 is 0 Å². The quantitative estimate of drug-likeness (QED) is 0.810. The van der Waals surface area contributed by atoms with Crippen LogP contribution in [-0.4, -0.2) is 32.7 Å². The van der Waals surface area contributed by atoms with Crippen molar-refractivity contribution in [3.05, 3.63) is 29.8 Å². The smallest absolute Gasteiger partial charge is 0.270 e. The van der Waals surface area contributed by atoms with E-state index in [-0.39, 0.29) is 11.9 Å². The predicted molar refractivity (Wildman–Crippen MR) is 73.6 cm³/mol. The van der Waals surface area contributed by atoms with Gasteiger partial charge in [-0.05, 0) is 35.9 Å². The fourth-order valence-corrected chi connectivity index (χ4v) is 1.54. The second-order valence-electron chi connectivity index (χ2n) is 4.28. The molecule has 20 heavy (non-hydrogen) atoms. The molecular formula is C13H17N5O2. The number of aryl methyl sites for hydroxylation is 1. The Morgan fingerprint density at radius 2 is 2.10 bits per heavy atom. The highest BCUT2D eigenvalue weighted by Gasteiger charge is 2.09. The topological polar surface area (TPSA) is 81.9 Å². The maximum Gasteiger partial charge on any atom is 0.270 e. The zero-order valence-electron chi connectivity index (χ0n) is 11.5. The van der Waals surface area contributed by atoms with Crippen LogP contribution in [0.5, 0.6) is 5.75 Å². The molecule has 0 aliphatic rings. The molecule has 0 unspecified atom stereocenters. The lowest BCUT2D eigenvalue weighted by Crippen LogP contribution is -2.13. The Bertz CT molecular complexity index is 564. The highest BCUT2D eigenvalue weighted by atomic mass is 16.5. The molecule has 0 aliphatic carbocycles. The standard InChI is InChI=1S/C13H17N5O2/c1-3-4-9-20-11-7-5-10(6-8-11)12(19)14-13-15-17-18(2)16-13/h5-8H,3-4,9H2,1-2H3,(H,14,16,19). The van der Waals surface area contributed by atoms with Crippen molar-refractivity contribution in [2.45, 2.75) is 19.8 Å². The molecule has 1 amide bonds. The molecule has 1 heterocycles. The molecule has 0 saturated carbocycles. The van der Waals surface area contributed by atoms with E-state index < -0.39 is 0 Å². The number of hydrogen-bond acceptors (Lipinski definition) is 5. The van der Waals surface area contributed by atoms with E-state index in [0.717, 1.165) is 18.6 Å². The number of ether oxygens (including phenoxy) is 1. The van der Waals surface area contributed by atoms with E-state index in [1.165, 1.54) is 4.80 Å². The van der Waals surface area contributed by atoms with Gasteiger partial charge in [-0.3, -0.25) is 10.1 Å². The minimum Gasteiger partial charge on any atom is -0.494 e. The van der Waals surface area contributed by atoms with E-state index >= 15 is 0 Å². The molecule has 0 fully saturated rings.